The molecule has 0 unspecified atom stereocenters. The van der Waals surface area contributed by atoms with Crippen molar-refractivity contribution in [2.24, 2.45) is 5.16 Å². The molecule has 1 aromatic rings. The zero-order valence-electron chi connectivity index (χ0n) is 7.02. The second-order valence-corrected chi connectivity index (χ2v) is 2.56. The van der Waals surface area contributed by atoms with Gasteiger partial charge in [0, 0.05) is 5.56 Å². The summed E-state index contributed by atoms with van der Waals surface area (Å²) in [4.78, 5) is 10.6. The number of aliphatic carboxylic acids is 1. The van der Waals surface area contributed by atoms with Crippen LogP contribution in [0.5, 0.6) is 0 Å². The van der Waals surface area contributed by atoms with Gasteiger partial charge in [-0.3, -0.25) is 0 Å². The maximum Gasteiger partial charge on any atom is 0.354 e. The predicted octanol–water partition coefficient (Wildman–Crippen LogP) is 1.37. The molecule has 0 amide bonds. The highest BCUT2D eigenvalue weighted by Gasteiger charge is 2.11. The van der Waals surface area contributed by atoms with E-state index in [1.165, 1.54) is 0 Å². The number of hydrogen-bond acceptors (Lipinski definition) is 3. The number of nitrogens with zero attached hydrogens (tertiary/aromatic N) is 1. The summed E-state index contributed by atoms with van der Waals surface area (Å²) in [5, 5.41) is 21.3. The van der Waals surface area contributed by atoms with Crippen LogP contribution in [0.25, 0.3) is 0 Å². The summed E-state index contributed by atoms with van der Waals surface area (Å²) >= 11 is 0. The largest absolute Gasteiger partial charge is 0.791 e. The Morgan fingerprint density at radius 2 is 2.08 bits per heavy atom. The van der Waals surface area contributed by atoms with Crippen molar-refractivity contribution < 1.29 is 9.90 Å². The fourth-order valence-corrected chi connectivity index (χ4v) is 1.04. The van der Waals surface area contributed by atoms with Crippen LogP contribution in [0.3, 0.4) is 0 Å². The molecule has 0 heterocycles. The molecular weight excluding hydrogens is 170 g/mol. The van der Waals surface area contributed by atoms with E-state index >= 15 is 0 Å². The van der Waals surface area contributed by atoms with Crippen molar-refractivity contribution in [2.75, 3.05) is 0 Å². The molecule has 68 valence electrons. The lowest BCUT2D eigenvalue weighted by Crippen LogP contribution is -2.15. The minimum atomic E-state index is -1.30. The lowest BCUT2D eigenvalue weighted by molar-refractivity contribution is -0.129. The minimum Gasteiger partial charge on any atom is -0.791 e. The van der Waals surface area contributed by atoms with E-state index < -0.39 is 11.7 Å². The van der Waals surface area contributed by atoms with Gasteiger partial charge in [-0.15, -0.1) is 0 Å². The normalized spacial score (nSPS) is 11.3. The summed E-state index contributed by atoms with van der Waals surface area (Å²) in [5.74, 6) is -1.30. The Morgan fingerprint density at radius 3 is 2.54 bits per heavy atom. The molecule has 0 aliphatic carbocycles. The molecular formula is C9H8NO3-. The Bertz CT molecular complexity index is 358. The van der Waals surface area contributed by atoms with Crippen LogP contribution in [0.2, 0.25) is 0 Å². The average molecular weight is 178 g/mol. The first-order valence-electron chi connectivity index (χ1n) is 3.66. The maximum absolute atomic E-state index is 10.6. The summed E-state index contributed by atoms with van der Waals surface area (Å²) in [5.41, 5.74) is 0.641. The molecule has 0 aliphatic rings. The molecule has 0 bridgehead atoms. The van der Waals surface area contributed by atoms with Crippen molar-refractivity contribution in [3.05, 3.63) is 40.6 Å². The van der Waals surface area contributed by atoms with Crippen molar-refractivity contribution in [1.29, 1.82) is 0 Å². The Balaban J connectivity index is 3.21. The monoisotopic (exact) mass is 178 g/mol. The maximum atomic E-state index is 10.6. The number of benzene rings is 1. The quantitative estimate of drug-likeness (QED) is 0.549. The van der Waals surface area contributed by atoms with Gasteiger partial charge in [-0.25, -0.2) is 4.79 Å². The summed E-state index contributed by atoms with van der Waals surface area (Å²) in [6.07, 6.45) is 0. The molecule has 0 saturated carbocycles. The van der Waals surface area contributed by atoms with Gasteiger partial charge >= 0.3 is 5.97 Å². The summed E-state index contributed by atoms with van der Waals surface area (Å²) in [6.45, 7) is 1.73. The summed E-state index contributed by atoms with van der Waals surface area (Å²) in [6, 6.07) is 6.71. The van der Waals surface area contributed by atoms with Gasteiger partial charge in [-0.1, -0.05) is 24.3 Å². The summed E-state index contributed by atoms with van der Waals surface area (Å²) in [7, 11) is 0. The molecule has 1 aromatic carbocycles. The summed E-state index contributed by atoms with van der Waals surface area (Å²) < 4.78 is 0. The van der Waals surface area contributed by atoms with Crippen LogP contribution in [-0.4, -0.2) is 16.8 Å². The van der Waals surface area contributed by atoms with Gasteiger partial charge in [0.15, 0.2) is 0 Å². The topological polar surface area (TPSA) is 72.7 Å². The lowest BCUT2D eigenvalue weighted by atomic mass is 10.0. The van der Waals surface area contributed by atoms with E-state index in [1.54, 1.807) is 31.2 Å². The molecule has 0 spiro atoms. The van der Waals surface area contributed by atoms with Crippen molar-refractivity contribution in [1.82, 2.24) is 0 Å². The molecule has 13 heavy (non-hydrogen) atoms. The van der Waals surface area contributed by atoms with Crippen molar-refractivity contribution in [2.45, 2.75) is 6.92 Å². The molecule has 0 radical (unpaired) electrons. The van der Waals surface area contributed by atoms with E-state index in [-0.39, 0.29) is 0 Å². The van der Waals surface area contributed by atoms with E-state index in [0.717, 1.165) is 5.56 Å². The predicted molar refractivity (Wildman–Crippen MR) is 48.7 cm³/mol. The number of aryl methyl sites for hydroxylation is 1. The fourth-order valence-electron chi connectivity index (χ4n) is 1.04. The third-order valence-electron chi connectivity index (χ3n) is 1.69. The zero-order chi connectivity index (χ0) is 9.84. The van der Waals surface area contributed by atoms with Gasteiger partial charge in [-0.2, -0.15) is 0 Å². The second kappa shape index (κ2) is 3.71. The number of carboxylic acid groups (broad SMARTS) is 1. The van der Waals surface area contributed by atoms with Gasteiger partial charge in [0.1, 0.15) is 5.71 Å². The van der Waals surface area contributed by atoms with E-state index in [1.807, 2.05) is 0 Å². The van der Waals surface area contributed by atoms with Gasteiger partial charge in [0.25, 0.3) is 0 Å². The molecule has 0 fully saturated rings. The second-order valence-electron chi connectivity index (χ2n) is 2.56. The molecule has 4 heteroatoms. The first-order chi connectivity index (χ1) is 6.16. The van der Waals surface area contributed by atoms with Crippen LogP contribution >= 0.6 is 0 Å². The fraction of sp³-hybridized carbons (Fsp3) is 0.111. The number of hydrogen-bond donors (Lipinski definition) is 1. The lowest BCUT2D eigenvalue weighted by Gasteiger charge is -2.06. The number of carbonyl (C=O) groups is 1. The molecule has 0 atom stereocenters. The molecule has 1 rings (SSSR count). The minimum absolute atomic E-state index is 0.366. The zero-order valence-corrected chi connectivity index (χ0v) is 7.02. The Morgan fingerprint density at radius 1 is 1.46 bits per heavy atom. The first kappa shape index (κ1) is 9.25. The molecule has 4 nitrogen and oxygen atoms in total. The average Bonchev–Trinajstić information content (AvgIpc) is 2.09. The Kier molecular flexibility index (Phi) is 2.64. The third-order valence-corrected chi connectivity index (χ3v) is 1.69. The Hall–Kier alpha value is -1.84. The highest BCUT2D eigenvalue weighted by Crippen LogP contribution is 2.08. The van der Waals surface area contributed by atoms with Crippen LogP contribution in [0.15, 0.2) is 29.4 Å². The van der Waals surface area contributed by atoms with Crippen molar-refractivity contribution in [3.63, 3.8) is 0 Å². The highest BCUT2D eigenvalue weighted by atomic mass is 16.4. The van der Waals surface area contributed by atoms with E-state index in [0.29, 0.717) is 5.56 Å². The van der Waals surface area contributed by atoms with Crippen LogP contribution in [0.1, 0.15) is 11.1 Å². The van der Waals surface area contributed by atoms with E-state index in [9.17, 15) is 10.0 Å². The van der Waals surface area contributed by atoms with Crippen molar-refractivity contribution >= 4 is 11.7 Å². The van der Waals surface area contributed by atoms with Crippen LogP contribution < -0.4 is 0 Å². The van der Waals surface area contributed by atoms with Gasteiger partial charge in [-0.05, 0) is 12.5 Å². The molecule has 0 saturated heterocycles. The SMILES string of the molecule is Cc1ccccc1/C(=N/[O-])C(=O)O. The van der Waals surface area contributed by atoms with E-state index in [4.69, 9.17) is 5.11 Å². The number of rotatable bonds is 2. The van der Waals surface area contributed by atoms with Gasteiger partial charge in [0.05, 0.1) is 0 Å². The van der Waals surface area contributed by atoms with Gasteiger partial charge in [0.2, 0.25) is 0 Å². The standard InChI is InChI=1S/C9H9NO3/c1-6-4-2-3-5-7(6)8(10-13)9(11)12/h2-5,13H,1H3,(H,11,12)/p-1/b10-8-. The van der Waals surface area contributed by atoms with Crippen molar-refractivity contribution in [3.8, 4) is 0 Å². The molecule has 0 aromatic heterocycles. The number of carboxylic acids is 1. The van der Waals surface area contributed by atoms with Crippen LogP contribution in [0, 0.1) is 12.1 Å². The highest BCUT2D eigenvalue weighted by molar-refractivity contribution is 6.42. The van der Waals surface area contributed by atoms with Crippen LogP contribution in [-0.2, 0) is 4.79 Å². The van der Waals surface area contributed by atoms with Gasteiger partial charge < -0.3 is 15.5 Å². The third kappa shape index (κ3) is 1.84. The molecule has 0 aliphatic heterocycles. The smallest absolute Gasteiger partial charge is 0.354 e. The van der Waals surface area contributed by atoms with Crippen LogP contribution in [0.4, 0.5) is 0 Å². The molecule has 1 N–H and O–H groups in total. The first-order valence-corrected chi connectivity index (χ1v) is 3.66. The van der Waals surface area contributed by atoms with E-state index in [2.05, 4.69) is 5.16 Å². The Labute approximate surface area is 75.1 Å².